The van der Waals surface area contributed by atoms with E-state index in [0.717, 1.165) is 38.5 Å². The minimum Gasteiger partial charge on any atom is -0.480 e. The van der Waals surface area contributed by atoms with Gasteiger partial charge in [-0.3, -0.25) is 4.79 Å². The van der Waals surface area contributed by atoms with Crippen LogP contribution in [-0.2, 0) is 21.4 Å². The Kier molecular flexibility index (Phi) is 3.43. The molecule has 3 aliphatic rings. The Hall–Kier alpha value is -1.84. The molecular formula is C19H23NO3. The zero-order chi connectivity index (χ0) is 16.0. The number of carbonyl (C=O) groups is 2. The van der Waals surface area contributed by atoms with Gasteiger partial charge in [0.2, 0.25) is 5.91 Å². The summed E-state index contributed by atoms with van der Waals surface area (Å²) in [6.07, 6.45) is 6.60. The van der Waals surface area contributed by atoms with Gasteiger partial charge in [-0.1, -0.05) is 24.3 Å². The third kappa shape index (κ3) is 2.27. The number of fused-ring (bicyclic) bond motifs is 2. The Bertz CT molecular complexity index is 656. The van der Waals surface area contributed by atoms with Crippen molar-refractivity contribution >= 4 is 11.9 Å². The summed E-state index contributed by atoms with van der Waals surface area (Å²) in [5, 5.41) is 9.43. The molecule has 3 atom stereocenters. The van der Waals surface area contributed by atoms with Crippen LogP contribution < -0.4 is 0 Å². The average molecular weight is 313 g/mol. The summed E-state index contributed by atoms with van der Waals surface area (Å²) < 4.78 is 0. The Labute approximate surface area is 136 Å². The van der Waals surface area contributed by atoms with Gasteiger partial charge < -0.3 is 10.0 Å². The van der Waals surface area contributed by atoms with Crippen molar-refractivity contribution in [2.24, 2.45) is 5.92 Å². The molecule has 0 bridgehead atoms. The lowest BCUT2D eigenvalue weighted by Gasteiger charge is -2.34. The molecule has 1 aromatic rings. The van der Waals surface area contributed by atoms with Crippen LogP contribution in [0.4, 0.5) is 0 Å². The Morgan fingerprint density at radius 1 is 1.17 bits per heavy atom. The van der Waals surface area contributed by atoms with Gasteiger partial charge in [-0.15, -0.1) is 0 Å². The minimum atomic E-state index is -0.850. The second-order valence-corrected chi connectivity index (χ2v) is 7.30. The number of carboxylic acid groups (broad SMARTS) is 1. The van der Waals surface area contributed by atoms with Crippen molar-refractivity contribution in [3.8, 4) is 0 Å². The standard InChI is InChI=1S/C19H23NO3/c21-17(20-11-4-3-9-16(20)18(22)23)15-12-19(15)10-5-7-13-6-1-2-8-14(13)19/h1-2,6,8,15-16H,3-5,7,9-12H2,(H,22,23). The Balaban J connectivity index is 1.59. The zero-order valence-electron chi connectivity index (χ0n) is 13.3. The summed E-state index contributed by atoms with van der Waals surface area (Å²) in [6, 6.07) is 7.87. The van der Waals surface area contributed by atoms with E-state index < -0.39 is 12.0 Å². The lowest BCUT2D eigenvalue weighted by atomic mass is 9.78. The van der Waals surface area contributed by atoms with E-state index in [1.54, 1.807) is 4.90 Å². The molecule has 1 amide bonds. The maximum atomic E-state index is 13.0. The van der Waals surface area contributed by atoms with Gasteiger partial charge >= 0.3 is 5.97 Å². The van der Waals surface area contributed by atoms with Crippen LogP contribution in [-0.4, -0.2) is 34.5 Å². The lowest BCUT2D eigenvalue weighted by Crippen LogP contribution is -2.49. The maximum Gasteiger partial charge on any atom is 0.326 e. The molecule has 1 heterocycles. The number of nitrogens with zero attached hydrogens (tertiary/aromatic N) is 1. The number of amides is 1. The van der Waals surface area contributed by atoms with Crippen molar-refractivity contribution in [3.05, 3.63) is 35.4 Å². The fraction of sp³-hybridized carbons (Fsp3) is 0.579. The van der Waals surface area contributed by atoms with E-state index in [9.17, 15) is 14.7 Å². The van der Waals surface area contributed by atoms with E-state index in [4.69, 9.17) is 0 Å². The lowest BCUT2D eigenvalue weighted by molar-refractivity contribution is -0.152. The monoisotopic (exact) mass is 313 g/mol. The quantitative estimate of drug-likeness (QED) is 0.913. The number of hydrogen-bond donors (Lipinski definition) is 1. The van der Waals surface area contributed by atoms with E-state index in [-0.39, 0.29) is 17.2 Å². The molecule has 1 saturated heterocycles. The number of carbonyl (C=O) groups excluding carboxylic acids is 1. The van der Waals surface area contributed by atoms with E-state index in [1.165, 1.54) is 11.1 Å². The molecule has 4 nitrogen and oxygen atoms in total. The molecule has 1 spiro atoms. The van der Waals surface area contributed by atoms with Gasteiger partial charge in [0.15, 0.2) is 0 Å². The number of aliphatic carboxylic acids is 1. The first-order chi connectivity index (χ1) is 11.1. The summed E-state index contributed by atoms with van der Waals surface area (Å²) in [5.41, 5.74) is 2.71. The van der Waals surface area contributed by atoms with Gasteiger partial charge in [-0.25, -0.2) is 4.79 Å². The van der Waals surface area contributed by atoms with Crippen molar-refractivity contribution in [2.45, 2.75) is 56.4 Å². The smallest absolute Gasteiger partial charge is 0.326 e. The molecule has 23 heavy (non-hydrogen) atoms. The van der Waals surface area contributed by atoms with Gasteiger partial charge in [0.25, 0.3) is 0 Å². The van der Waals surface area contributed by atoms with Gasteiger partial charge in [-0.05, 0) is 56.1 Å². The Morgan fingerprint density at radius 3 is 2.83 bits per heavy atom. The van der Waals surface area contributed by atoms with Crippen molar-refractivity contribution in [2.75, 3.05) is 6.54 Å². The molecule has 0 aromatic heterocycles. The van der Waals surface area contributed by atoms with Crippen molar-refractivity contribution in [1.82, 2.24) is 4.90 Å². The summed E-state index contributed by atoms with van der Waals surface area (Å²) in [7, 11) is 0. The van der Waals surface area contributed by atoms with E-state index in [0.29, 0.717) is 13.0 Å². The molecule has 4 rings (SSSR count). The van der Waals surface area contributed by atoms with E-state index in [1.807, 2.05) is 0 Å². The maximum absolute atomic E-state index is 13.0. The highest BCUT2D eigenvalue weighted by Crippen LogP contribution is 2.61. The zero-order valence-corrected chi connectivity index (χ0v) is 13.3. The molecule has 2 fully saturated rings. The van der Waals surface area contributed by atoms with E-state index in [2.05, 4.69) is 24.3 Å². The molecule has 0 radical (unpaired) electrons. The normalized spacial score (nSPS) is 32.4. The third-order valence-corrected chi connectivity index (χ3v) is 6.07. The van der Waals surface area contributed by atoms with Crippen LogP contribution >= 0.6 is 0 Å². The first kappa shape index (κ1) is 14.7. The molecule has 1 aliphatic heterocycles. The fourth-order valence-corrected chi connectivity index (χ4v) is 4.81. The average Bonchev–Trinajstić information content (AvgIpc) is 3.29. The summed E-state index contributed by atoms with van der Waals surface area (Å²) in [5.74, 6) is -0.783. The van der Waals surface area contributed by atoms with Gasteiger partial charge in [0.05, 0.1) is 0 Å². The van der Waals surface area contributed by atoms with Crippen molar-refractivity contribution in [3.63, 3.8) is 0 Å². The topological polar surface area (TPSA) is 57.6 Å². The van der Waals surface area contributed by atoms with Crippen LogP contribution in [0.1, 0.15) is 49.7 Å². The summed E-state index contributed by atoms with van der Waals surface area (Å²) >= 11 is 0. The highest BCUT2D eigenvalue weighted by molar-refractivity contribution is 5.89. The van der Waals surface area contributed by atoms with Crippen LogP contribution in [0.25, 0.3) is 0 Å². The minimum absolute atomic E-state index is 0.00751. The van der Waals surface area contributed by atoms with Crippen LogP contribution in [0, 0.1) is 5.92 Å². The van der Waals surface area contributed by atoms with E-state index >= 15 is 0 Å². The fourth-order valence-electron chi connectivity index (χ4n) is 4.81. The predicted molar refractivity (Wildman–Crippen MR) is 86.2 cm³/mol. The largest absolute Gasteiger partial charge is 0.480 e. The summed E-state index contributed by atoms with van der Waals surface area (Å²) in [4.78, 5) is 26.2. The first-order valence-corrected chi connectivity index (χ1v) is 8.75. The number of likely N-dealkylation sites (tertiary alicyclic amines) is 1. The van der Waals surface area contributed by atoms with Crippen LogP contribution in [0.15, 0.2) is 24.3 Å². The molecule has 122 valence electrons. The number of aryl methyl sites for hydroxylation is 1. The number of benzene rings is 1. The summed E-state index contributed by atoms with van der Waals surface area (Å²) in [6.45, 7) is 0.601. The second kappa shape index (κ2) is 5.36. The Morgan fingerprint density at radius 2 is 2.00 bits per heavy atom. The number of piperidine rings is 1. The number of hydrogen-bond acceptors (Lipinski definition) is 2. The van der Waals surface area contributed by atoms with Crippen LogP contribution in [0.2, 0.25) is 0 Å². The van der Waals surface area contributed by atoms with Crippen LogP contribution in [0.3, 0.4) is 0 Å². The molecule has 4 heteroatoms. The highest BCUT2D eigenvalue weighted by Gasteiger charge is 2.61. The van der Waals surface area contributed by atoms with Crippen LogP contribution in [0.5, 0.6) is 0 Å². The molecule has 2 aliphatic carbocycles. The first-order valence-electron chi connectivity index (χ1n) is 8.75. The molecular weight excluding hydrogens is 290 g/mol. The third-order valence-electron chi connectivity index (χ3n) is 6.07. The number of rotatable bonds is 2. The van der Waals surface area contributed by atoms with Crippen molar-refractivity contribution < 1.29 is 14.7 Å². The van der Waals surface area contributed by atoms with Gasteiger partial charge in [0, 0.05) is 17.9 Å². The molecule has 1 saturated carbocycles. The van der Waals surface area contributed by atoms with Gasteiger partial charge in [-0.2, -0.15) is 0 Å². The molecule has 3 unspecified atom stereocenters. The highest BCUT2D eigenvalue weighted by atomic mass is 16.4. The van der Waals surface area contributed by atoms with Gasteiger partial charge in [0.1, 0.15) is 6.04 Å². The number of carboxylic acids is 1. The predicted octanol–water partition coefficient (Wildman–Crippen LogP) is 2.75. The SMILES string of the molecule is O=C(O)C1CCCCN1C(=O)C1CC12CCCc1ccccc12. The second-order valence-electron chi connectivity index (χ2n) is 7.30. The molecule has 1 N–H and O–H groups in total. The molecule has 1 aromatic carbocycles. The van der Waals surface area contributed by atoms with Crippen molar-refractivity contribution in [1.29, 1.82) is 0 Å².